The lowest BCUT2D eigenvalue weighted by Crippen LogP contribution is -2.17. The van der Waals surface area contributed by atoms with Gasteiger partial charge in [0.15, 0.2) is 0 Å². The van der Waals surface area contributed by atoms with Crippen molar-refractivity contribution in [2.45, 2.75) is 12.0 Å². The van der Waals surface area contributed by atoms with Crippen molar-refractivity contribution >= 4 is 61.3 Å². The second-order valence-corrected chi connectivity index (χ2v) is 11.7. The van der Waals surface area contributed by atoms with Crippen LogP contribution in [0, 0.1) is 0 Å². The molecule has 202 valence electrons. The van der Waals surface area contributed by atoms with Crippen molar-refractivity contribution in [2.75, 3.05) is 0 Å². The van der Waals surface area contributed by atoms with Gasteiger partial charge in [-0.3, -0.25) is 0 Å². The van der Waals surface area contributed by atoms with Crippen LogP contribution in [0.4, 0.5) is 0 Å². The maximum absolute atomic E-state index is 6.77. The van der Waals surface area contributed by atoms with Gasteiger partial charge < -0.3 is 4.74 Å². The molecule has 9 rings (SSSR count). The second-order valence-electron chi connectivity index (χ2n) is 11.7. The molecule has 0 amide bonds. The first-order valence-electron chi connectivity index (χ1n) is 14.9. The minimum Gasteiger partial charge on any atom is -0.484 e. The largest absolute Gasteiger partial charge is 0.484 e. The van der Waals surface area contributed by atoms with Gasteiger partial charge in [0.05, 0.1) is 0 Å². The fourth-order valence-electron chi connectivity index (χ4n) is 7.46. The van der Waals surface area contributed by atoms with E-state index in [1.807, 2.05) is 6.08 Å². The van der Waals surface area contributed by atoms with E-state index in [1.54, 1.807) is 0 Å². The van der Waals surface area contributed by atoms with Gasteiger partial charge in [0.2, 0.25) is 0 Å². The lowest BCUT2D eigenvalue weighted by Gasteiger charge is -2.20. The number of allylic oxidation sites excluding steroid dienone is 2. The van der Waals surface area contributed by atoms with Gasteiger partial charge in [-0.15, -0.1) is 0 Å². The van der Waals surface area contributed by atoms with E-state index in [1.165, 1.54) is 65.4 Å². The van der Waals surface area contributed by atoms with Crippen LogP contribution in [0.1, 0.15) is 22.6 Å². The molecule has 1 aliphatic heterocycles. The molecule has 7 aromatic rings. The summed E-state index contributed by atoms with van der Waals surface area (Å²) in [7, 11) is 0. The van der Waals surface area contributed by atoms with Crippen molar-refractivity contribution in [3.63, 3.8) is 0 Å². The van der Waals surface area contributed by atoms with E-state index in [9.17, 15) is 0 Å². The third-order valence-electron chi connectivity index (χ3n) is 9.46. The molecule has 0 aromatic heterocycles. The summed E-state index contributed by atoms with van der Waals surface area (Å²) in [5.74, 6) is 1.13. The molecule has 2 aliphatic rings. The molecule has 1 nitrogen and oxygen atoms in total. The topological polar surface area (TPSA) is 9.23 Å². The van der Waals surface area contributed by atoms with Gasteiger partial charge in [-0.05, 0) is 82.7 Å². The second kappa shape index (κ2) is 9.05. The van der Waals surface area contributed by atoms with E-state index < -0.39 is 0 Å². The smallest absolute Gasteiger partial charge is 0.132 e. The average molecular weight is 549 g/mol. The number of fused-ring (bicyclic) bond motifs is 6. The average Bonchev–Trinajstić information content (AvgIpc) is 3.44. The van der Waals surface area contributed by atoms with Crippen LogP contribution in [0.2, 0.25) is 0 Å². The molecule has 0 spiro atoms. The highest BCUT2D eigenvalue weighted by Gasteiger charge is 2.35. The zero-order valence-corrected chi connectivity index (χ0v) is 23.7. The van der Waals surface area contributed by atoms with Gasteiger partial charge in [0, 0.05) is 17.0 Å². The molecule has 0 bridgehead atoms. The first kappa shape index (κ1) is 24.2. The van der Waals surface area contributed by atoms with Crippen molar-refractivity contribution in [1.29, 1.82) is 0 Å². The molecule has 7 aromatic carbocycles. The van der Waals surface area contributed by atoms with Gasteiger partial charge in [-0.2, -0.15) is 0 Å². The van der Waals surface area contributed by atoms with Crippen LogP contribution >= 0.6 is 0 Å². The van der Waals surface area contributed by atoms with Crippen molar-refractivity contribution in [1.82, 2.24) is 0 Å². The van der Waals surface area contributed by atoms with Crippen LogP contribution in [0.3, 0.4) is 0 Å². The number of benzene rings is 7. The van der Waals surface area contributed by atoms with Crippen LogP contribution in [0.25, 0.3) is 72.4 Å². The Morgan fingerprint density at radius 1 is 0.628 bits per heavy atom. The van der Waals surface area contributed by atoms with Crippen molar-refractivity contribution in [3.05, 3.63) is 156 Å². The van der Waals surface area contributed by atoms with E-state index >= 15 is 0 Å². The third kappa shape index (κ3) is 3.46. The van der Waals surface area contributed by atoms with Crippen LogP contribution < -0.4 is 9.96 Å². The van der Waals surface area contributed by atoms with Crippen LogP contribution in [-0.2, 0) is 0 Å². The Hall–Kier alpha value is -5.40. The molecule has 0 saturated heterocycles. The molecule has 1 heteroatoms. The van der Waals surface area contributed by atoms with Gasteiger partial charge in [-0.25, -0.2) is 0 Å². The maximum atomic E-state index is 6.77. The summed E-state index contributed by atoms with van der Waals surface area (Å²) in [4.78, 5) is 0. The Balaban J connectivity index is 1.22. The van der Waals surface area contributed by atoms with Gasteiger partial charge >= 0.3 is 0 Å². The van der Waals surface area contributed by atoms with E-state index in [2.05, 4.69) is 141 Å². The maximum Gasteiger partial charge on any atom is 0.132 e. The molecule has 0 fully saturated rings. The number of hydrogen-bond donors (Lipinski definition) is 0. The van der Waals surface area contributed by atoms with E-state index in [0.29, 0.717) is 0 Å². The summed E-state index contributed by atoms with van der Waals surface area (Å²) < 4.78 is 6.77. The Labute approximate surface area is 250 Å². The van der Waals surface area contributed by atoms with Gasteiger partial charge in [-0.1, -0.05) is 135 Å². The number of hydrogen-bond acceptors (Lipinski definition) is 1. The zero-order chi connectivity index (χ0) is 28.7. The molecule has 2 unspecified atom stereocenters. The minimum absolute atomic E-state index is 0.0262. The van der Waals surface area contributed by atoms with E-state index in [4.69, 9.17) is 4.74 Å². The van der Waals surface area contributed by atoms with Crippen LogP contribution in [0.15, 0.2) is 134 Å². The SMILES string of the molecule is C=Cc1ccc2ccc(-c3cccc4c3OC3C=CC(c5cc6ccccc6c6ccccc56)=CC43)c3ccc(=C)c1c23. The van der Waals surface area contributed by atoms with Crippen LogP contribution in [0.5, 0.6) is 5.75 Å². The van der Waals surface area contributed by atoms with E-state index in [0.717, 1.165) is 22.1 Å². The van der Waals surface area contributed by atoms with Gasteiger partial charge in [0.1, 0.15) is 11.9 Å². The summed E-state index contributed by atoms with van der Waals surface area (Å²) in [5, 5.41) is 11.0. The molecule has 0 saturated carbocycles. The molecular formula is C42H28O. The Bertz CT molecular complexity index is 2420. The highest BCUT2D eigenvalue weighted by molar-refractivity contribution is 6.17. The van der Waals surface area contributed by atoms with Crippen molar-refractivity contribution in [2.24, 2.45) is 0 Å². The molecule has 1 aliphatic carbocycles. The standard InChI is InChI=1S/C42H28O/c1-3-26-16-17-27-18-21-33(34-20-15-25(2)40(26)41(27)34)35-13-8-14-36-38-24-29(19-22-39(38)43-42(35)36)37-23-28-9-4-5-10-30(28)31-11-6-7-12-32(31)37/h3-24,38-39H,1-2H2. The minimum atomic E-state index is -0.0262. The molecule has 0 N–H and O–H groups in total. The molecule has 43 heavy (non-hydrogen) atoms. The summed E-state index contributed by atoms with van der Waals surface area (Å²) in [6, 6.07) is 39.5. The lowest BCUT2D eigenvalue weighted by atomic mass is 9.84. The quantitative estimate of drug-likeness (QED) is 0.200. The van der Waals surface area contributed by atoms with Crippen molar-refractivity contribution < 1.29 is 4.74 Å². The third-order valence-corrected chi connectivity index (χ3v) is 9.46. The number of rotatable bonds is 3. The van der Waals surface area contributed by atoms with E-state index in [-0.39, 0.29) is 12.0 Å². The number of ether oxygens (including phenoxy) is 1. The summed E-state index contributed by atoms with van der Waals surface area (Å²) in [6.07, 6.45) is 8.82. The predicted octanol–water partition coefficient (Wildman–Crippen LogP) is 10.2. The zero-order valence-electron chi connectivity index (χ0n) is 23.7. The fraction of sp³-hybridized carbons (Fsp3) is 0.0476. The first-order chi connectivity index (χ1) is 21.2. The molecule has 0 radical (unpaired) electrons. The molecular weight excluding hydrogens is 520 g/mol. The highest BCUT2D eigenvalue weighted by atomic mass is 16.5. The Morgan fingerprint density at radius 2 is 1.44 bits per heavy atom. The summed E-state index contributed by atoms with van der Waals surface area (Å²) in [6.45, 7) is 8.42. The first-order valence-corrected chi connectivity index (χ1v) is 14.9. The van der Waals surface area contributed by atoms with Gasteiger partial charge in [0.25, 0.3) is 0 Å². The highest BCUT2D eigenvalue weighted by Crippen LogP contribution is 2.50. The molecule has 2 atom stereocenters. The monoisotopic (exact) mass is 548 g/mol. The summed E-state index contributed by atoms with van der Waals surface area (Å²) >= 11 is 0. The Morgan fingerprint density at radius 3 is 2.33 bits per heavy atom. The number of para-hydroxylation sites is 1. The van der Waals surface area contributed by atoms with Crippen LogP contribution in [-0.4, -0.2) is 6.10 Å². The van der Waals surface area contributed by atoms with Crippen molar-refractivity contribution in [3.8, 4) is 16.9 Å². The molecule has 1 heterocycles. The predicted molar refractivity (Wildman–Crippen MR) is 183 cm³/mol. The lowest BCUT2D eigenvalue weighted by molar-refractivity contribution is 0.270. The Kier molecular flexibility index (Phi) is 5.10. The normalized spacial score (nSPS) is 17.3. The summed E-state index contributed by atoms with van der Waals surface area (Å²) in [5.41, 5.74) is 7.19. The fourth-order valence-corrected chi connectivity index (χ4v) is 7.46.